The van der Waals surface area contributed by atoms with Crippen LogP contribution < -0.4 is 0 Å². The normalized spacial score (nSPS) is 12.4. The molecule has 2 rings (SSSR count). The topological polar surface area (TPSA) is 0 Å². The average molecular weight is 285 g/mol. The fourth-order valence-corrected chi connectivity index (χ4v) is 2.26. The highest BCUT2D eigenvalue weighted by molar-refractivity contribution is 6.18. The molecule has 1 unspecified atom stereocenters. The monoisotopic (exact) mass is 284 g/mol. The van der Waals surface area contributed by atoms with E-state index in [-0.39, 0.29) is 17.6 Å². The van der Waals surface area contributed by atoms with Gasteiger partial charge in [0, 0.05) is 11.8 Å². The molecule has 2 aromatic rings. The van der Waals surface area contributed by atoms with E-state index in [0.717, 1.165) is 17.7 Å². The molecular formula is C15H12ClF3. The summed E-state index contributed by atoms with van der Waals surface area (Å²) in [6.45, 7) is 0. The molecule has 0 fully saturated rings. The summed E-state index contributed by atoms with van der Waals surface area (Å²) in [5, 5.41) is 0. The molecule has 0 saturated carbocycles. The molecule has 0 aromatic heterocycles. The third-order valence-corrected chi connectivity index (χ3v) is 3.34. The van der Waals surface area contributed by atoms with Gasteiger partial charge in [0.05, 0.1) is 0 Å². The molecule has 0 aliphatic rings. The van der Waals surface area contributed by atoms with Crippen molar-refractivity contribution in [2.45, 2.75) is 12.3 Å². The van der Waals surface area contributed by atoms with Crippen LogP contribution in [0.4, 0.5) is 13.2 Å². The van der Waals surface area contributed by atoms with Gasteiger partial charge in [0.2, 0.25) is 0 Å². The Morgan fingerprint density at radius 1 is 0.947 bits per heavy atom. The molecule has 0 amide bonds. The number of alkyl halides is 1. The van der Waals surface area contributed by atoms with Crippen molar-refractivity contribution in [1.82, 2.24) is 0 Å². The summed E-state index contributed by atoms with van der Waals surface area (Å²) < 4.78 is 39.1. The summed E-state index contributed by atoms with van der Waals surface area (Å²) >= 11 is 5.89. The van der Waals surface area contributed by atoms with Crippen LogP contribution in [0.25, 0.3) is 0 Å². The van der Waals surface area contributed by atoms with Crippen LogP contribution in [0.1, 0.15) is 17.0 Å². The van der Waals surface area contributed by atoms with Crippen LogP contribution in [0.5, 0.6) is 0 Å². The Labute approximate surface area is 114 Å². The summed E-state index contributed by atoms with van der Waals surface area (Å²) in [7, 11) is 0. The van der Waals surface area contributed by atoms with Gasteiger partial charge in [0.15, 0.2) is 11.6 Å². The van der Waals surface area contributed by atoms with Crippen LogP contribution in [-0.4, -0.2) is 5.88 Å². The lowest BCUT2D eigenvalue weighted by Crippen LogP contribution is -2.05. The number of benzene rings is 2. The van der Waals surface area contributed by atoms with Crippen molar-refractivity contribution in [3.63, 3.8) is 0 Å². The number of hydrogen-bond acceptors (Lipinski definition) is 0. The van der Waals surface area contributed by atoms with Crippen LogP contribution in [0.3, 0.4) is 0 Å². The van der Waals surface area contributed by atoms with Gasteiger partial charge in [-0.15, -0.1) is 11.6 Å². The van der Waals surface area contributed by atoms with E-state index < -0.39 is 11.6 Å². The predicted molar refractivity (Wildman–Crippen MR) is 69.9 cm³/mol. The van der Waals surface area contributed by atoms with Gasteiger partial charge >= 0.3 is 0 Å². The fraction of sp³-hybridized carbons (Fsp3) is 0.200. The molecule has 0 spiro atoms. The van der Waals surface area contributed by atoms with Gasteiger partial charge in [-0.1, -0.05) is 18.2 Å². The smallest absolute Gasteiger partial charge is 0.159 e. The van der Waals surface area contributed by atoms with Crippen LogP contribution in [0.15, 0.2) is 42.5 Å². The van der Waals surface area contributed by atoms with Crippen LogP contribution in [-0.2, 0) is 6.42 Å². The van der Waals surface area contributed by atoms with Crippen molar-refractivity contribution in [2.24, 2.45) is 0 Å². The van der Waals surface area contributed by atoms with Gasteiger partial charge in [-0.3, -0.25) is 0 Å². The average Bonchev–Trinajstić information content (AvgIpc) is 2.40. The van der Waals surface area contributed by atoms with E-state index in [2.05, 4.69) is 0 Å². The van der Waals surface area contributed by atoms with Gasteiger partial charge in [0.1, 0.15) is 5.82 Å². The van der Waals surface area contributed by atoms with Gasteiger partial charge in [-0.05, 0) is 41.8 Å². The Hall–Kier alpha value is -1.48. The van der Waals surface area contributed by atoms with Gasteiger partial charge in [-0.25, -0.2) is 13.2 Å². The summed E-state index contributed by atoms with van der Waals surface area (Å²) in [5.74, 6) is -1.95. The molecule has 0 radical (unpaired) electrons. The summed E-state index contributed by atoms with van der Waals surface area (Å²) in [6.07, 6.45) is 0.435. The second kappa shape index (κ2) is 6.11. The second-order valence-electron chi connectivity index (χ2n) is 4.36. The third-order valence-electron chi connectivity index (χ3n) is 2.97. The third kappa shape index (κ3) is 3.51. The Bertz CT molecular complexity index is 569. The van der Waals surface area contributed by atoms with E-state index in [1.165, 1.54) is 18.2 Å². The zero-order valence-electron chi connectivity index (χ0n) is 10.0. The molecule has 0 aliphatic carbocycles. The van der Waals surface area contributed by atoms with Crippen LogP contribution in [0.2, 0.25) is 0 Å². The van der Waals surface area contributed by atoms with Crippen molar-refractivity contribution in [2.75, 3.05) is 5.88 Å². The second-order valence-corrected chi connectivity index (χ2v) is 4.67. The van der Waals surface area contributed by atoms with E-state index in [9.17, 15) is 13.2 Å². The number of halogens is 4. The van der Waals surface area contributed by atoms with Gasteiger partial charge in [-0.2, -0.15) is 0 Å². The lowest BCUT2D eigenvalue weighted by molar-refractivity contribution is 0.506. The number of rotatable bonds is 4. The zero-order valence-corrected chi connectivity index (χ0v) is 10.8. The standard InChI is InChI=1S/C15H12ClF3/c16-9-12(11-2-1-3-13(17)8-11)6-10-4-5-14(18)15(19)7-10/h1-5,7-8,12H,6,9H2. The first-order chi connectivity index (χ1) is 9.10. The Morgan fingerprint density at radius 2 is 1.74 bits per heavy atom. The quantitative estimate of drug-likeness (QED) is 0.716. The highest BCUT2D eigenvalue weighted by Gasteiger charge is 2.13. The van der Waals surface area contributed by atoms with Crippen molar-refractivity contribution < 1.29 is 13.2 Å². The maximum atomic E-state index is 13.2. The molecule has 2 aromatic carbocycles. The molecule has 19 heavy (non-hydrogen) atoms. The first kappa shape index (κ1) is 13.9. The van der Waals surface area contributed by atoms with Gasteiger partial charge in [0.25, 0.3) is 0 Å². The Balaban J connectivity index is 2.21. The maximum absolute atomic E-state index is 13.2. The largest absolute Gasteiger partial charge is 0.207 e. The molecule has 0 heterocycles. The maximum Gasteiger partial charge on any atom is 0.159 e. The Morgan fingerprint density at radius 3 is 2.37 bits per heavy atom. The lowest BCUT2D eigenvalue weighted by Gasteiger charge is -2.14. The number of hydrogen-bond donors (Lipinski definition) is 0. The van der Waals surface area contributed by atoms with E-state index in [0.29, 0.717) is 12.0 Å². The van der Waals surface area contributed by atoms with Crippen LogP contribution >= 0.6 is 11.6 Å². The fourth-order valence-electron chi connectivity index (χ4n) is 1.97. The summed E-state index contributed by atoms with van der Waals surface area (Å²) in [4.78, 5) is 0. The summed E-state index contributed by atoms with van der Waals surface area (Å²) in [6, 6.07) is 9.89. The minimum atomic E-state index is -0.884. The zero-order chi connectivity index (χ0) is 13.8. The molecule has 1 atom stereocenters. The predicted octanol–water partition coefficient (Wildman–Crippen LogP) is 4.67. The van der Waals surface area contributed by atoms with E-state index in [1.54, 1.807) is 12.1 Å². The minimum Gasteiger partial charge on any atom is -0.207 e. The SMILES string of the molecule is Fc1cccc(C(CCl)Cc2ccc(F)c(F)c2)c1. The molecule has 4 heteroatoms. The highest BCUT2D eigenvalue weighted by Crippen LogP contribution is 2.24. The van der Waals surface area contributed by atoms with Crippen molar-refractivity contribution in [3.05, 3.63) is 71.0 Å². The van der Waals surface area contributed by atoms with Crippen molar-refractivity contribution in [3.8, 4) is 0 Å². The van der Waals surface area contributed by atoms with Gasteiger partial charge < -0.3 is 0 Å². The molecule has 0 N–H and O–H groups in total. The highest BCUT2D eigenvalue weighted by atomic mass is 35.5. The minimum absolute atomic E-state index is 0.137. The van der Waals surface area contributed by atoms with Crippen LogP contribution in [0, 0.1) is 17.5 Å². The molecular weight excluding hydrogens is 273 g/mol. The molecule has 0 saturated heterocycles. The first-order valence-corrected chi connectivity index (χ1v) is 6.39. The van der Waals surface area contributed by atoms with E-state index >= 15 is 0 Å². The molecule has 0 nitrogen and oxygen atoms in total. The molecule has 100 valence electrons. The van der Waals surface area contributed by atoms with E-state index in [1.807, 2.05) is 0 Å². The molecule has 0 bridgehead atoms. The first-order valence-electron chi connectivity index (χ1n) is 5.85. The Kier molecular flexibility index (Phi) is 4.48. The lowest BCUT2D eigenvalue weighted by atomic mass is 9.93. The summed E-state index contributed by atoms with van der Waals surface area (Å²) in [5.41, 5.74) is 1.38. The molecule has 0 aliphatic heterocycles. The van der Waals surface area contributed by atoms with Crippen molar-refractivity contribution in [1.29, 1.82) is 0 Å². The van der Waals surface area contributed by atoms with E-state index in [4.69, 9.17) is 11.6 Å². The van der Waals surface area contributed by atoms with Crippen molar-refractivity contribution >= 4 is 11.6 Å².